The van der Waals surface area contributed by atoms with E-state index in [0.29, 0.717) is 23.8 Å². The molecule has 0 aliphatic heterocycles. The van der Waals surface area contributed by atoms with Gasteiger partial charge in [0, 0.05) is 12.5 Å². The molecule has 0 aromatic rings. The molecule has 3 heteroatoms. The van der Waals surface area contributed by atoms with Crippen molar-refractivity contribution in [2.24, 2.45) is 23.5 Å². The van der Waals surface area contributed by atoms with E-state index in [-0.39, 0.29) is 0 Å². The molecule has 0 aromatic heterocycles. The van der Waals surface area contributed by atoms with Crippen LogP contribution in [-0.4, -0.2) is 18.5 Å². The third-order valence-corrected chi connectivity index (χ3v) is 5.50. The third-order valence-electron chi connectivity index (χ3n) is 5.50. The first-order valence-electron chi connectivity index (χ1n) is 8.70. The molecule has 116 valence electrons. The average Bonchev–Trinajstić information content (AvgIpc) is 2.48. The van der Waals surface area contributed by atoms with Gasteiger partial charge in [0.1, 0.15) is 0 Å². The summed E-state index contributed by atoms with van der Waals surface area (Å²) in [5.74, 6) is 2.43. The zero-order valence-corrected chi connectivity index (χ0v) is 13.1. The first kappa shape index (κ1) is 15.8. The maximum atomic E-state index is 12.2. The Hall–Kier alpha value is -0.570. The van der Waals surface area contributed by atoms with Crippen LogP contribution < -0.4 is 11.1 Å². The van der Waals surface area contributed by atoms with Crippen molar-refractivity contribution in [3.8, 4) is 0 Å². The second-order valence-corrected chi connectivity index (χ2v) is 7.03. The minimum absolute atomic E-state index is 0.294. The van der Waals surface area contributed by atoms with E-state index in [4.69, 9.17) is 5.73 Å². The van der Waals surface area contributed by atoms with Crippen molar-refractivity contribution in [1.82, 2.24) is 5.32 Å². The molecular formula is C17H32N2O. The molecule has 0 saturated heterocycles. The summed E-state index contributed by atoms with van der Waals surface area (Å²) >= 11 is 0. The maximum absolute atomic E-state index is 12.2. The van der Waals surface area contributed by atoms with Gasteiger partial charge in [-0.15, -0.1) is 0 Å². The molecule has 2 unspecified atom stereocenters. The summed E-state index contributed by atoms with van der Waals surface area (Å²) in [7, 11) is 0. The highest BCUT2D eigenvalue weighted by atomic mass is 16.1. The fraction of sp³-hybridized carbons (Fsp3) is 0.941. The van der Waals surface area contributed by atoms with E-state index in [1.165, 1.54) is 57.8 Å². The van der Waals surface area contributed by atoms with Gasteiger partial charge in [-0.05, 0) is 62.8 Å². The maximum Gasteiger partial charge on any atom is 0.220 e. The Balaban J connectivity index is 1.67. The van der Waals surface area contributed by atoms with Crippen molar-refractivity contribution >= 4 is 5.91 Å². The molecule has 0 radical (unpaired) electrons. The van der Waals surface area contributed by atoms with E-state index in [2.05, 4.69) is 12.2 Å². The Morgan fingerprint density at radius 2 is 1.75 bits per heavy atom. The molecule has 2 aliphatic carbocycles. The Bertz CT molecular complexity index is 297. The quantitative estimate of drug-likeness (QED) is 0.812. The lowest BCUT2D eigenvalue weighted by atomic mass is 9.80. The first-order valence-corrected chi connectivity index (χ1v) is 8.70. The van der Waals surface area contributed by atoms with Gasteiger partial charge in [-0.1, -0.05) is 26.2 Å². The molecule has 3 nitrogen and oxygen atoms in total. The van der Waals surface area contributed by atoms with Crippen molar-refractivity contribution in [3.05, 3.63) is 0 Å². The van der Waals surface area contributed by atoms with E-state index in [1.807, 2.05) is 0 Å². The summed E-state index contributed by atoms with van der Waals surface area (Å²) in [6, 6.07) is 0.446. The van der Waals surface area contributed by atoms with E-state index in [9.17, 15) is 4.79 Å². The fourth-order valence-electron chi connectivity index (χ4n) is 4.01. The molecule has 3 N–H and O–H groups in total. The molecular weight excluding hydrogens is 248 g/mol. The summed E-state index contributed by atoms with van der Waals surface area (Å²) in [4.78, 5) is 12.2. The van der Waals surface area contributed by atoms with Gasteiger partial charge in [-0.3, -0.25) is 4.79 Å². The van der Waals surface area contributed by atoms with E-state index >= 15 is 0 Å². The topological polar surface area (TPSA) is 55.1 Å². The second kappa shape index (κ2) is 8.02. The predicted molar refractivity (Wildman–Crippen MR) is 83.3 cm³/mol. The lowest BCUT2D eigenvalue weighted by molar-refractivity contribution is -0.123. The van der Waals surface area contributed by atoms with Gasteiger partial charge >= 0.3 is 0 Å². The molecule has 0 aromatic carbocycles. The molecule has 2 aliphatic rings. The molecule has 2 atom stereocenters. The van der Waals surface area contributed by atoms with Crippen molar-refractivity contribution in [3.63, 3.8) is 0 Å². The molecule has 0 spiro atoms. The summed E-state index contributed by atoms with van der Waals surface area (Å²) in [5.41, 5.74) is 5.72. The van der Waals surface area contributed by atoms with Crippen LogP contribution in [0.5, 0.6) is 0 Å². The SMILES string of the molecule is CCC1CCCC(NC(=O)CC2CCC(CN)CC2)C1. The van der Waals surface area contributed by atoms with Crippen LogP contribution in [-0.2, 0) is 4.79 Å². The van der Waals surface area contributed by atoms with Crippen molar-refractivity contribution in [2.75, 3.05) is 6.54 Å². The van der Waals surface area contributed by atoms with Crippen LogP contribution in [0.4, 0.5) is 0 Å². The Labute approximate surface area is 124 Å². The lowest BCUT2D eigenvalue weighted by Gasteiger charge is -2.31. The summed E-state index contributed by atoms with van der Waals surface area (Å²) in [5, 5.41) is 3.29. The van der Waals surface area contributed by atoms with E-state index in [1.54, 1.807) is 0 Å². The number of nitrogens with two attached hydrogens (primary N) is 1. The summed E-state index contributed by atoms with van der Waals surface area (Å²) in [6.07, 6.45) is 11.8. The normalized spacial score (nSPS) is 34.7. The summed E-state index contributed by atoms with van der Waals surface area (Å²) < 4.78 is 0. The van der Waals surface area contributed by atoms with Crippen LogP contribution in [0.2, 0.25) is 0 Å². The zero-order valence-electron chi connectivity index (χ0n) is 13.1. The van der Waals surface area contributed by atoms with E-state index < -0.39 is 0 Å². The number of carbonyl (C=O) groups excluding carboxylic acids is 1. The predicted octanol–water partition coefficient (Wildman–Crippen LogP) is 3.23. The van der Waals surface area contributed by atoms with Crippen molar-refractivity contribution in [2.45, 2.75) is 77.2 Å². The molecule has 2 fully saturated rings. The fourth-order valence-corrected chi connectivity index (χ4v) is 4.01. The van der Waals surface area contributed by atoms with E-state index in [0.717, 1.165) is 18.9 Å². The number of amides is 1. The highest BCUT2D eigenvalue weighted by Gasteiger charge is 2.25. The van der Waals surface area contributed by atoms with Crippen LogP contribution in [0.25, 0.3) is 0 Å². The minimum Gasteiger partial charge on any atom is -0.353 e. The Morgan fingerprint density at radius 3 is 2.40 bits per heavy atom. The number of nitrogens with one attached hydrogen (secondary N) is 1. The van der Waals surface area contributed by atoms with Gasteiger partial charge in [-0.25, -0.2) is 0 Å². The van der Waals surface area contributed by atoms with Crippen molar-refractivity contribution in [1.29, 1.82) is 0 Å². The molecule has 2 rings (SSSR count). The number of rotatable bonds is 5. The van der Waals surface area contributed by atoms with Crippen LogP contribution >= 0.6 is 0 Å². The van der Waals surface area contributed by atoms with Gasteiger partial charge in [-0.2, -0.15) is 0 Å². The average molecular weight is 280 g/mol. The Kier molecular flexibility index (Phi) is 6.34. The van der Waals surface area contributed by atoms with Gasteiger partial charge in [0.15, 0.2) is 0 Å². The zero-order chi connectivity index (χ0) is 14.4. The van der Waals surface area contributed by atoms with Gasteiger partial charge < -0.3 is 11.1 Å². The van der Waals surface area contributed by atoms with Crippen LogP contribution in [0.1, 0.15) is 71.1 Å². The van der Waals surface area contributed by atoms with Gasteiger partial charge in [0.25, 0.3) is 0 Å². The highest BCUT2D eigenvalue weighted by molar-refractivity contribution is 5.76. The number of hydrogen-bond donors (Lipinski definition) is 2. The summed E-state index contributed by atoms with van der Waals surface area (Å²) in [6.45, 7) is 3.09. The smallest absolute Gasteiger partial charge is 0.220 e. The van der Waals surface area contributed by atoms with Gasteiger partial charge in [0.05, 0.1) is 0 Å². The molecule has 0 heterocycles. The molecule has 20 heavy (non-hydrogen) atoms. The van der Waals surface area contributed by atoms with Crippen LogP contribution in [0, 0.1) is 17.8 Å². The van der Waals surface area contributed by atoms with Crippen LogP contribution in [0.3, 0.4) is 0 Å². The highest BCUT2D eigenvalue weighted by Crippen LogP contribution is 2.31. The largest absolute Gasteiger partial charge is 0.353 e. The minimum atomic E-state index is 0.294. The van der Waals surface area contributed by atoms with Gasteiger partial charge in [0.2, 0.25) is 5.91 Å². The molecule has 2 saturated carbocycles. The standard InChI is InChI=1S/C17H32N2O/c1-2-13-4-3-5-16(10-13)19-17(20)11-14-6-8-15(12-18)9-7-14/h13-16H,2-12,18H2,1H3,(H,19,20). The van der Waals surface area contributed by atoms with Crippen molar-refractivity contribution < 1.29 is 4.79 Å². The lowest BCUT2D eigenvalue weighted by Crippen LogP contribution is -2.39. The second-order valence-electron chi connectivity index (χ2n) is 7.03. The number of carbonyl (C=O) groups is 1. The van der Waals surface area contributed by atoms with Crippen LogP contribution in [0.15, 0.2) is 0 Å². The first-order chi connectivity index (χ1) is 9.71. The monoisotopic (exact) mass is 280 g/mol. The molecule has 0 bridgehead atoms. The third kappa shape index (κ3) is 4.76. The Morgan fingerprint density at radius 1 is 1.05 bits per heavy atom. The molecule has 1 amide bonds. The number of hydrogen-bond acceptors (Lipinski definition) is 2.